The van der Waals surface area contributed by atoms with E-state index in [1.807, 2.05) is 12.1 Å². The number of hydrogen-bond donors (Lipinski definition) is 2. The van der Waals surface area contributed by atoms with Crippen LogP contribution in [0.5, 0.6) is 5.75 Å². The molecule has 0 aliphatic carbocycles. The third-order valence-corrected chi connectivity index (χ3v) is 4.36. The van der Waals surface area contributed by atoms with Crippen LogP contribution in [-0.2, 0) is 6.54 Å². The zero-order chi connectivity index (χ0) is 19.9. The third-order valence-electron chi connectivity index (χ3n) is 4.10. The van der Waals surface area contributed by atoms with Crippen LogP contribution in [0.1, 0.15) is 26.3 Å². The molecule has 5 nitrogen and oxygen atoms in total. The summed E-state index contributed by atoms with van der Waals surface area (Å²) in [6, 6.07) is 20.8. The Labute approximate surface area is 168 Å². The Hall–Kier alpha value is -3.31. The Morgan fingerprint density at radius 2 is 1.54 bits per heavy atom. The van der Waals surface area contributed by atoms with Crippen molar-refractivity contribution in [2.24, 2.45) is 0 Å². The lowest BCUT2D eigenvalue weighted by molar-refractivity contribution is 0.0949. The summed E-state index contributed by atoms with van der Waals surface area (Å²) in [6.07, 6.45) is 0. The van der Waals surface area contributed by atoms with E-state index < -0.39 is 0 Å². The maximum absolute atomic E-state index is 12.4. The zero-order valence-electron chi connectivity index (χ0n) is 15.2. The number of carbonyl (C=O) groups excluding carboxylic acids is 2. The van der Waals surface area contributed by atoms with Crippen LogP contribution in [0.2, 0.25) is 5.02 Å². The van der Waals surface area contributed by atoms with Gasteiger partial charge in [0, 0.05) is 34.4 Å². The quantitative estimate of drug-likeness (QED) is 0.645. The average molecular weight is 395 g/mol. The fourth-order valence-corrected chi connectivity index (χ4v) is 2.69. The molecule has 6 heteroatoms. The highest BCUT2D eigenvalue weighted by atomic mass is 35.5. The predicted octanol–water partition coefficient (Wildman–Crippen LogP) is 4.53. The predicted molar refractivity (Wildman–Crippen MR) is 110 cm³/mol. The fraction of sp³-hybridized carbons (Fsp3) is 0.0909. The van der Waals surface area contributed by atoms with Crippen LogP contribution >= 0.6 is 11.6 Å². The first-order chi connectivity index (χ1) is 13.5. The first-order valence-electron chi connectivity index (χ1n) is 8.63. The van der Waals surface area contributed by atoms with Crippen LogP contribution in [-0.4, -0.2) is 18.9 Å². The molecule has 3 aromatic rings. The normalized spacial score (nSPS) is 10.2. The van der Waals surface area contributed by atoms with Crippen LogP contribution in [0.3, 0.4) is 0 Å². The number of carbonyl (C=O) groups is 2. The Morgan fingerprint density at radius 3 is 2.18 bits per heavy atom. The topological polar surface area (TPSA) is 67.4 Å². The maximum Gasteiger partial charge on any atom is 0.255 e. The molecular weight excluding hydrogens is 376 g/mol. The first kappa shape index (κ1) is 19.5. The van der Waals surface area contributed by atoms with Crippen molar-refractivity contribution in [3.05, 3.63) is 94.5 Å². The lowest BCUT2D eigenvalue weighted by Crippen LogP contribution is -2.23. The number of rotatable bonds is 6. The SMILES string of the molecule is COc1cccc(NC(=O)c2ccc(C(=O)NCc3ccc(Cl)cc3)cc2)c1. The van der Waals surface area contributed by atoms with Crippen LogP contribution in [0.25, 0.3) is 0 Å². The molecule has 0 saturated heterocycles. The van der Waals surface area contributed by atoms with Crippen molar-refractivity contribution in [2.75, 3.05) is 12.4 Å². The molecule has 0 radical (unpaired) electrons. The molecule has 0 aliphatic heterocycles. The highest BCUT2D eigenvalue weighted by Crippen LogP contribution is 2.18. The Kier molecular flexibility index (Phi) is 6.29. The van der Waals surface area contributed by atoms with Crippen molar-refractivity contribution >= 4 is 29.1 Å². The lowest BCUT2D eigenvalue weighted by atomic mass is 10.1. The molecule has 0 unspecified atom stereocenters. The summed E-state index contributed by atoms with van der Waals surface area (Å²) < 4.78 is 5.14. The minimum atomic E-state index is -0.263. The van der Waals surface area contributed by atoms with Crippen molar-refractivity contribution in [3.8, 4) is 5.75 Å². The highest BCUT2D eigenvalue weighted by molar-refractivity contribution is 6.30. The van der Waals surface area contributed by atoms with Crippen molar-refractivity contribution in [1.82, 2.24) is 5.32 Å². The summed E-state index contributed by atoms with van der Waals surface area (Å²) in [5.41, 5.74) is 2.52. The Bertz CT molecular complexity index is 970. The molecule has 0 fully saturated rings. The summed E-state index contributed by atoms with van der Waals surface area (Å²) in [6.45, 7) is 0.397. The molecule has 0 bridgehead atoms. The molecule has 0 spiro atoms. The highest BCUT2D eigenvalue weighted by Gasteiger charge is 2.10. The van der Waals surface area contributed by atoms with Gasteiger partial charge in [-0.2, -0.15) is 0 Å². The van der Waals surface area contributed by atoms with Crippen LogP contribution < -0.4 is 15.4 Å². The van der Waals surface area contributed by atoms with E-state index in [0.29, 0.717) is 34.1 Å². The summed E-state index contributed by atoms with van der Waals surface area (Å²) in [5.74, 6) is 0.182. The molecular formula is C22H19ClN2O3. The van der Waals surface area contributed by atoms with Crippen molar-refractivity contribution in [2.45, 2.75) is 6.54 Å². The van der Waals surface area contributed by atoms with Crippen LogP contribution in [0.15, 0.2) is 72.8 Å². The van der Waals surface area contributed by atoms with Crippen molar-refractivity contribution in [1.29, 1.82) is 0 Å². The molecule has 2 amide bonds. The standard InChI is InChI=1S/C22H19ClN2O3/c1-28-20-4-2-3-19(13-20)25-22(27)17-9-7-16(8-10-17)21(26)24-14-15-5-11-18(23)12-6-15/h2-13H,14H2,1H3,(H,24,26)(H,25,27). The number of amides is 2. The van der Waals surface area contributed by atoms with E-state index in [-0.39, 0.29) is 11.8 Å². The maximum atomic E-state index is 12.4. The van der Waals surface area contributed by atoms with E-state index in [9.17, 15) is 9.59 Å². The zero-order valence-corrected chi connectivity index (χ0v) is 16.0. The summed E-state index contributed by atoms with van der Waals surface area (Å²) >= 11 is 5.85. The van der Waals surface area contributed by atoms with Crippen molar-refractivity contribution < 1.29 is 14.3 Å². The van der Waals surface area contributed by atoms with E-state index >= 15 is 0 Å². The molecule has 0 saturated carbocycles. The Morgan fingerprint density at radius 1 is 0.893 bits per heavy atom. The smallest absolute Gasteiger partial charge is 0.255 e. The summed E-state index contributed by atoms with van der Waals surface area (Å²) in [4.78, 5) is 24.6. The number of methoxy groups -OCH3 is 1. The molecule has 0 aromatic heterocycles. The first-order valence-corrected chi connectivity index (χ1v) is 9.01. The number of ether oxygens (including phenoxy) is 1. The van der Waals surface area contributed by atoms with E-state index in [1.165, 1.54) is 0 Å². The number of anilines is 1. The second-order valence-electron chi connectivity index (χ2n) is 6.07. The number of nitrogens with one attached hydrogen (secondary N) is 2. The van der Waals surface area contributed by atoms with Crippen molar-refractivity contribution in [3.63, 3.8) is 0 Å². The molecule has 0 heterocycles. The van der Waals surface area contributed by atoms with Crippen LogP contribution in [0, 0.1) is 0 Å². The molecule has 28 heavy (non-hydrogen) atoms. The molecule has 3 rings (SSSR count). The van der Waals surface area contributed by atoms with Gasteiger partial charge in [0.05, 0.1) is 7.11 Å². The molecule has 0 atom stereocenters. The molecule has 3 aromatic carbocycles. The fourth-order valence-electron chi connectivity index (χ4n) is 2.56. The van der Waals surface area contributed by atoms with Gasteiger partial charge in [-0.1, -0.05) is 29.8 Å². The molecule has 0 aliphatic rings. The van der Waals surface area contributed by atoms with Gasteiger partial charge in [-0.3, -0.25) is 9.59 Å². The number of benzene rings is 3. The van der Waals surface area contributed by atoms with Gasteiger partial charge in [0.25, 0.3) is 11.8 Å². The van der Waals surface area contributed by atoms with E-state index in [2.05, 4.69) is 10.6 Å². The minimum Gasteiger partial charge on any atom is -0.497 e. The van der Waals surface area contributed by atoms with Gasteiger partial charge in [-0.15, -0.1) is 0 Å². The van der Waals surface area contributed by atoms with Gasteiger partial charge in [0.1, 0.15) is 5.75 Å². The summed E-state index contributed by atoms with van der Waals surface area (Å²) in [5, 5.41) is 6.29. The molecule has 142 valence electrons. The summed E-state index contributed by atoms with van der Waals surface area (Å²) in [7, 11) is 1.57. The van der Waals surface area contributed by atoms with Gasteiger partial charge < -0.3 is 15.4 Å². The van der Waals surface area contributed by atoms with Gasteiger partial charge in [-0.05, 0) is 54.1 Å². The van der Waals surface area contributed by atoms with E-state index in [4.69, 9.17) is 16.3 Å². The van der Waals surface area contributed by atoms with Crippen LogP contribution in [0.4, 0.5) is 5.69 Å². The second-order valence-corrected chi connectivity index (χ2v) is 6.51. The van der Waals surface area contributed by atoms with Gasteiger partial charge in [0.2, 0.25) is 0 Å². The second kappa shape index (κ2) is 9.06. The monoisotopic (exact) mass is 394 g/mol. The third kappa shape index (κ3) is 5.11. The van der Waals surface area contributed by atoms with E-state index in [1.54, 1.807) is 67.8 Å². The number of halogens is 1. The lowest BCUT2D eigenvalue weighted by Gasteiger charge is -2.08. The van der Waals surface area contributed by atoms with Gasteiger partial charge in [0.15, 0.2) is 0 Å². The largest absolute Gasteiger partial charge is 0.497 e. The minimum absolute atomic E-state index is 0.213. The number of hydrogen-bond acceptors (Lipinski definition) is 3. The Balaban J connectivity index is 1.59. The van der Waals surface area contributed by atoms with E-state index in [0.717, 1.165) is 5.56 Å². The van der Waals surface area contributed by atoms with Gasteiger partial charge >= 0.3 is 0 Å². The average Bonchev–Trinajstić information content (AvgIpc) is 2.73. The molecule has 2 N–H and O–H groups in total. The van der Waals surface area contributed by atoms with Gasteiger partial charge in [-0.25, -0.2) is 0 Å².